The third-order valence-corrected chi connectivity index (χ3v) is 4.56. The molecule has 0 heterocycles. The van der Waals surface area contributed by atoms with E-state index in [-0.39, 0.29) is 0 Å². The van der Waals surface area contributed by atoms with Crippen LogP contribution < -0.4 is 0 Å². The summed E-state index contributed by atoms with van der Waals surface area (Å²) in [5.74, 6) is 0. The minimum Gasteiger partial charge on any atom is -0.377 e. The van der Waals surface area contributed by atoms with Crippen molar-refractivity contribution < 1.29 is 4.74 Å². The largest absolute Gasteiger partial charge is 0.377 e. The monoisotopic (exact) mass is 330 g/mol. The number of benzene rings is 1. The number of hydrogen-bond acceptors (Lipinski definition) is 1. The molecule has 1 aromatic carbocycles. The van der Waals surface area contributed by atoms with Gasteiger partial charge in [0.25, 0.3) is 0 Å². The van der Waals surface area contributed by atoms with Crippen molar-refractivity contribution in [2.45, 2.75) is 90.1 Å². The Kier molecular flexibility index (Phi) is 14.6. The SMILES string of the molecule is C=CCCCCCCCCCCCCCCOCc1ccccc1. The van der Waals surface area contributed by atoms with Crippen molar-refractivity contribution in [1.29, 1.82) is 0 Å². The molecular weight excluding hydrogens is 292 g/mol. The van der Waals surface area contributed by atoms with Crippen LogP contribution in [0.25, 0.3) is 0 Å². The van der Waals surface area contributed by atoms with Gasteiger partial charge in [0.2, 0.25) is 0 Å². The first-order valence-electron chi connectivity index (χ1n) is 10.2. The molecule has 1 nitrogen and oxygen atoms in total. The lowest BCUT2D eigenvalue weighted by Gasteiger charge is -2.05. The molecule has 1 heteroatoms. The van der Waals surface area contributed by atoms with E-state index < -0.39 is 0 Å². The summed E-state index contributed by atoms with van der Waals surface area (Å²) in [4.78, 5) is 0. The number of rotatable bonds is 17. The van der Waals surface area contributed by atoms with Crippen LogP contribution in [-0.2, 0) is 11.3 Å². The highest BCUT2D eigenvalue weighted by atomic mass is 16.5. The smallest absolute Gasteiger partial charge is 0.0716 e. The first kappa shape index (κ1) is 21.0. The van der Waals surface area contributed by atoms with Gasteiger partial charge in [-0.05, 0) is 24.8 Å². The maximum atomic E-state index is 5.72. The van der Waals surface area contributed by atoms with E-state index in [2.05, 4.69) is 30.8 Å². The van der Waals surface area contributed by atoms with Gasteiger partial charge in [-0.2, -0.15) is 0 Å². The Morgan fingerprint density at radius 2 is 1.17 bits per heavy atom. The van der Waals surface area contributed by atoms with E-state index in [4.69, 9.17) is 4.74 Å². The fourth-order valence-electron chi connectivity index (χ4n) is 3.02. The summed E-state index contributed by atoms with van der Waals surface area (Å²) >= 11 is 0. The molecule has 0 aliphatic rings. The maximum Gasteiger partial charge on any atom is 0.0716 e. The topological polar surface area (TPSA) is 9.23 Å². The van der Waals surface area contributed by atoms with Gasteiger partial charge in [0.05, 0.1) is 6.61 Å². The lowest BCUT2D eigenvalue weighted by atomic mass is 10.0. The Bertz CT molecular complexity index is 371. The highest BCUT2D eigenvalue weighted by Gasteiger charge is 1.95. The second kappa shape index (κ2) is 16.8. The molecule has 0 saturated carbocycles. The highest BCUT2D eigenvalue weighted by molar-refractivity contribution is 5.13. The van der Waals surface area contributed by atoms with E-state index in [1.165, 1.54) is 89.0 Å². The maximum absolute atomic E-state index is 5.72. The molecule has 0 fully saturated rings. The minimum absolute atomic E-state index is 0.758. The molecule has 0 bridgehead atoms. The normalized spacial score (nSPS) is 10.8. The zero-order valence-electron chi connectivity index (χ0n) is 15.7. The van der Waals surface area contributed by atoms with Crippen molar-refractivity contribution in [3.63, 3.8) is 0 Å². The lowest BCUT2D eigenvalue weighted by molar-refractivity contribution is 0.116. The van der Waals surface area contributed by atoms with E-state index in [0.29, 0.717) is 0 Å². The van der Waals surface area contributed by atoms with Crippen LogP contribution in [0.15, 0.2) is 43.0 Å². The highest BCUT2D eigenvalue weighted by Crippen LogP contribution is 2.12. The van der Waals surface area contributed by atoms with Gasteiger partial charge in [0.1, 0.15) is 0 Å². The first-order chi connectivity index (χ1) is 11.9. The Labute approximate surface area is 150 Å². The first-order valence-corrected chi connectivity index (χ1v) is 10.2. The van der Waals surface area contributed by atoms with E-state index in [1.54, 1.807) is 0 Å². The standard InChI is InChI=1S/C23H38O/c1-2-3-4-5-6-7-8-9-10-11-12-13-14-18-21-24-22-23-19-16-15-17-20-23/h2,15-17,19-20H,1,3-14,18,21-22H2. The van der Waals surface area contributed by atoms with E-state index in [9.17, 15) is 0 Å². The quantitative estimate of drug-likeness (QED) is 0.213. The molecule has 136 valence electrons. The van der Waals surface area contributed by atoms with Gasteiger partial charge in [-0.15, -0.1) is 6.58 Å². The van der Waals surface area contributed by atoms with Gasteiger partial charge in [0, 0.05) is 6.61 Å². The number of unbranched alkanes of at least 4 members (excludes halogenated alkanes) is 12. The van der Waals surface area contributed by atoms with Crippen molar-refractivity contribution in [1.82, 2.24) is 0 Å². The van der Waals surface area contributed by atoms with Gasteiger partial charge >= 0.3 is 0 Å². The van der Waals surface area contributed by atoms with Crippen molar-refractivity contribution >= 4 is 0 Å². The van der Waals surface area contributed by atoms with Gasteiger partial charge in [-0.3, -0.25) is 0 Å². The average Bonchev–Trinajstić information content (AvgIpc) is 2.62. The number of ether oxygens (including phenoxy) is 1. The Morgan fingerprint density at radius 1 is 0.667 bits per heavy atom. The van der Waals surface area contributed by atoms with Gasteiger partial charge in [0.15, 0.2) is 0 Å². The van der Waals surface area contributed by atoms with Crippen molar-refractivity contribution in [3.8, 4) is 0 Å². The summed E-state index contributed by atoms with van der Waals surface area (Å²) in [5.41, 5.74) is 1.28. The summed E-state index contributed by atoms with van der Waals surface area (Å²) < 4.78 is 5.72. The van der Waals surface area contributed by atoms with Gasteiger partial charge in [-0.1, -0.05) is 101 Å². The summed E-state index contributed by atoms with van der Waals surface area (Å²) in [6, 6.07) is 10.4. The minimum atomic E-state index is 0.758. The summed E-state index contributed by atoms with van der Waals surface area (Å²) in [6.45, 7) is 5.43. The molecule has 0 radical (unpaired) electrons. The van der Waals surface area contributed by atoms with Crippen LogP contribution in [0.5, 0.6) is 0 Å². The van der Waals surface area contributed by atoms with Crippen LogP contribution in [0.3, 0.4) is 0 Å². The molecule has 0 saturated heterocycles. The third kappa shape index (κ3) is 13.4. The summed E-state index contributed by atoms with van der Waals surface area (Å²) in [6.07, 6.45) is 19.8. The molecule has 0 aliphatic heterocycles. The number of hydrogen-bond donors (Lipinski definition) is 0. The lowest BCUT2D eigenvalue weighted by Crippen LogP contribution is -1.95. The Morgan fingerprint density at radius 3 is 1.71 bits per heavy atom. The third-order valence-electron chi connectivity index (χ3n) is 4.56. The van der Waals surface area contributed by atoms with Gasteiger partial charge < -0.3 is 4.74 Å². The van der Waals surface area contributed by atoms with E-state index in [1.807, 2.05) is 12.1 Å². The van der Waals surface area contributed by atoms with Crippen LogP contribution in [0, 0.1) is 0 Å². The van der Waals surface area contributed by atoms with Crippen LogP contribution >= 0.6 is 0 Å². The van der Waals surface area contributed by atoms with Crippen LogP contribution in [-0.4, -0.2) is 6.61 Å². The second-order valence-corrected chi connectivity index (χ2v) is 6.86. The van der Waals surface area contributed by atoms with Crippen LogP contribution in [0.4, 0.5) is 0 Å². The zero-order valence-corrected chi connectivity index (χ0v) is 15.7. The van der Waals surface area contributed by atoms with E-state index >= 15 is 0 Å². The molecule has 0 spiro atoms. The van der Waals surface area contributed by atoms with Crippen molar-refractivity contribution in [3.05, 3.63) is 48.6 Å². The number of allylic oxidation sites excluding steroid dienone is 1. The molecule has 24 heavy (non-hydrogen) atoms. The average molecular weight is 331 g/mol. The molecular formula is C23H38O. The van der Waals surface area contributed by atoms with Gasteiger partial charge in [-0.25, -0.2) is 0 Å². The van der Waals surface area contributed by atoms with E-state index in [0.717, 1.165) is 13.2 Å². The fourth-order valence-corrected chi connectivity index (χ4v) is 3.02. The Hall–Kier alpha value is -1.08. The predicted molar refractivity (Wildman–Crippen MR) is 106 cm³/mol. The van der Waals surface area contributed by atoms with Crippen molar-refractivity contribution in [2.75, 3.05) is 6.61 Å². The second-order valence-electron chi connectivity index (χ2n) is 6.86. The molecule has 0 atom stereocenters. The molecule has 0 amide bonds. The Balaban J connectivity index is 1.71. The molecule has 0 aliphatic carbocycles. The molecule has 0 N–H and O–H groups in total. The molecule has 0 unspecified atom stereocenters. The summed E-state index contributed by atoms with van der Waals surface area (Å²) in [5, 5.41) is 0. The van der Waals surface area contributed by atoms with Crippen LogP contribution in [0.1, 0.15) is 89.0 Å². The predicted octanol–water partition coefficient (Wildman–Crippen LogP) is 7.46. The van der Waals surface area contributed by atoms with Crippen LogP contribution in [0.2, 0.25) is 0 Å². The zero-order chi connectivity index (χ0) is 17.1. The fraction of sp³-hybridized carbons (Fsp3) is 0.652. The van der Waals surface area contributed by atoms with Crippen molar-refractivity contribution in [2.24, 2.45) is 0 Å². The molecule has 0 aromatic heterocycles. The molecule has 1 rings (SSSR count). The molecule has 1 aromatic rings. The summed E-state index contributed by atoms with van der Waals surface area (Å²) in [7, 11) is 0.